The lowest BCUT2D eigenvalue weighted by Gasteiger charge is -2.17. The molecule has 4 heteroatoms. The molecular weight excluding hydrogens is 322 g/mol. The number of hydrogen-bond donors (Lipinski definition) is 2. The van der Waals surface area contributed by atoms with Crippen molar-refractivity contribution in [1.29, 1.82) is 0 Å². The van der Waals surface area contributed by atoms with Crippen LogP contribution < -0.4 is 10.6 Å². The van der Waals surface area contributed by atoms with Gasteiger partial charge in [-0.3, -0.25) is 9.78 Å². The molecule has 1 saturated carbocycles. The molecule has 0 radical (unpaired) electrons. The number of carbonyl (C=O) groups is 1. The van der Waals surface area contributed by atoms with Crippen molar-refractivity contribution in [2.24, 2.45) is 0 Å². The number of amides is 1. The molecule has 0 unspecified atom stereocenters. The quantitative estimate of drug-likeness (QED) is 0.709. The molecule has 1 heterocycles. The summed E-state index contributed by atoms with van der Waals surface area (Å²) in [5.41, 5.74) is 3.76. The zero-order valence-corrected chi connectivity index (χ0v) is 15.8. The summed E-state index contributed by atoms with van der Waals surface area (Å²) in [6, 6.07) is 10.4. The van der Waals surface area contributed by atoms with E-state index >= 15 is 0 Å². The Kier molecular flexibility index (Phi) is 6.26. The second-order valence-electron chi connectivity index (χ2n) is 7.49. The summed E-state index contributed by atoms with van der Waals surface area (Å²) in [5.74, 6) is 0.401. The van der Waals surface area contributed by atoms with Crippen LogP contribution in [0.5, 0.6) is 0 Å². The van der Waals surface area contributed by atoms with E-state index in [1.807, 2.05) is 12.1 Å². The van der Waals surface area contributed by atoms with Crippen LogP contribution in [0.1, 0.15) is 74.2 Å². The van der Waals surface area contributed by atoms with E-state index in [0.29, 0.717) is 17.5 Å². The van der Waals surface area contributed by atoms with Gasteiger partial charge in [0.15, 0.2) is 0 Å². The highest BCUT2D eigenvalue weighted by Gasteiger charge is 2.16. The van der Waals surface area contributed by atoms with Gasteiger partial charge in [0, 0.05) is 17.9 Å². The van der Waals surface area contributed by atoms with Gasteiger partial charge in [-0.2, -0.15) is 0 Å². The minimum absolute atomic E-state index is 0.0230. The topological polar surface area (TPSA) is 54.0 Å². The van der Waals surface area contributed by atoms with Gasteiger partial charge < -0.3 is 10.6 Å². The number of anilines is 2. The Morgan fingerprint density at radius 2 is 1.81 bits per heavy atom. The van der Waals surface area contributed by atoms with E-state index in [1.165, 1.54) is 31.2 Å². The van der Waals surface area contributed by atoms with Crippen LogP contribution in [0.15, 0.2) is 42.7 Å². The lowest BCUT2D eigenvalue weighted by Crippen LogP contribution is -2.34. The van der Waals surface area contributed by atoms with Crippen LogP contribution in [0.25, 0.3) is 0 Å². The van der Waals surface area contributed by atoms with E-state index in [2.05, 4.69) is 47.7 Å². The SMILES string of the molecule is CC(C)c1ccccc1Nc1cncc(C(=O)NC2CCCCCC2)c1. The number of pyridine rings is 1. The summed E-state index contributed by atoms with van der Waals surface area (Å²) < 4.78 is 0. The average Bonchev–Trinajstić information content (AvgIpc) is 2.91. The van der Waals surface area contributed by atoms with E-state index in [1.54, 1.807) is 12.4 Å². The van der Waals surface area contributed by atoms with Crippen molar-refractivity contribution >= 4 is 17.3 Å². The first-order valence-electron chi connectivity index (χ1n) is 9.75. The van der Waals surface area contributed by atoms with Gasteiger partial charge in [-0.1, -0.05) is 57.7 Å². The molecule has 1 aliphatic carbocycles. The first-order valence-corrected chi connectivity index (χ1v) is 9.75. The number of hydrogen-bond acceptors (Lipinski definition) is 3. The molecule has 0 bridgehead atoms. The van der Waals surface area contributed by atoms with Crippen molar-refractivity contribution in [3.8, 4) is 0 Å². The molecule has 4 nitrogen and oxygen atoms in total. The van der Waals surface area contributed by atoms with E-state index in [0.717, 1.165) is 24.2 Å². The van der Waals surface area contributed by atoms with Crippen molar-refractivity contribution in [2.75, 3.05) is 5.32 Å². The first kappa shape index (κ1) is 18.4. The highest BCUT2D eigenvalue weighted by atomic mass is 16.1. The third kappa shape index (κ3) is 4.84. The molecule has 3 rings (SSSR count). The van der Waals surface area contributed by atoms with Crippen LogP contribution >= 0.6 is 0 Å². The molecule has 1 aromatic heterocycles. The van der Waals surface area contributed by atoms with Crippen LogP contribution in [0.2, 0.25) is 0 Å². The predicted octanol–water partition coefficient (Wildman–Crippen LogP) is 5.40. The minimum Gasteiger partial charge on any atom is -0.354 e. The van der Waals surface area contributed by atoms with Crippen LogP contribution in [0.4, 0.5) is 11.4 Å². The van der Waals surface area contributed by atoms with Gasteiger partial charge in [-0.05, 0) is 36.5 Å². The molecule has 0 atom stereocenters. The number of para-hydroxylation sites is 1. The normalized spacial score (nSPS) is 15.5. The third-order valence-electron chi connectivity index (χ3n) is 5.05. The Bertz CT molecular complexity index is 734. The summed E-state index contributed by atoms with van der Waals surface area (Å²) in [6.07, 6.45) is 10.5. The second kappa shape index (κ2) is 8.84. The molecule has 2 N–H and O–H groups in total. The Balaban J connectivity index is 1.71. The molecule has 26 heavy (non-hydrogen) atoms. The molecule has 1 aliphatic rings. The van der Waals surface area contributed by atoms with Gasteiger partial charge >= 0.3 is 0 Å². The van der Waals surface area contributed by atoms with Crippen molar-refractivity contribution in [3.05, 3.63) is 53.9 Å². The molecule has 0 saturated heterocycles. The molecule has 1 amide bonds. The van der Waals surface area contributed by atoms with E-state index in [4.69, 9.17) is 0 Å². The fraction of sp³-hybridized carbons (Fsp3) is 0.455. The van der Waals surface area contributed by atoms with Gasteiger partial charge in [0.2, 0.25) is 0 Å². The van der Waals surface area contributed by atoms with Gasteiger partial charge in [0.25, 0.3) is 5.91 Å². The van der Waals surface area contributed by atoms with Crippen molar-refractivity contribution in [3.63, 3.8) is 0 Å². The summed E-state index contributed by atoms with van der Waals surface area (Å²) >= 11 is 0. The Morgan fingerprint density at radius 1 is 1.08 bits per heavy atom. The van der Waals surface area contributed by atoms with Crippen LogP contribution in [0.3, 0.4) is 0 Å². The highest BCUT2D eigenvalue weighted by molar-refractivity contribution is 5.95. The summed E-state index contributed by atoms with van der Waals surface area (Å²) in [4.78, 5) is 16.9. The maximum absolute atomic E-state index is 12.6. The van der Waals surface area contributed by atoms with Gasteiger partial charge in [-0.15, -0.1) is 0 Å². The largest absolute Gasteiger partial charge is 0.354 e. The predicted molar refractivity (Wildman–Crippen MR) is 107 cm³/mol. The minimum atomic E-state index is -0.0230. The highest BCUT2D eigenvalue weighted by Crippen LogP contribution is 2.27. The molecule has 1 aromatic carbocycles. The number of nitrogens with one attached hydrogen (secondary N) is 2. The van der Waals surface area contributed by atoms with Gasteiger partial charge in [-0.25, -0.2) is 0 Å². The van der Waals surface area contributed by atoms with Gasteiger partial charge in [0.1, 0.15) is 0 Å². The van der Waals surface area contributed by atoms with Crippen molar-refractivity contribution in [2.45, 2.75) is 64.3 Å². The Morgan fingerprint density at radius 3 is 2.54 bits per heavy atom. The van der Waals surface area contributed by atoms with E-state index < -0.39 is 0 Å². The summed E-state index contributed by atoms with van der Waals surface area (Å²) in [6.45, 7) is 4.35. The summed E-state index contributed by atoms with van der Waals surface area (Å²) in [5, 5.41) is 6.61. The second-order valence-corrected chi connectivity index (χ2v) is 7.49. The number of rotatable bonds is 5. The molecular formula is C22H29N3O. The lowest BCUT2D eigenvalue weighted by atomic mass is 10.0. The molecule has 0 spiro atoms. The third-order valence-corrected chi connectivity index (χ3v) is 5.05. The number of aromatic nitrogens is 1. The van der Waals surface area contributed by atoms with Crippen molar-refractivity contribution in [1.82, 2.24) is 10.3 Å². The zero-order valence-electron chi connectivity index (χ0n) is 15.8. The van der Waals surface area contributed by atoms with E-state index in [-0.39, 0.29) is 5.91 Å². The van der Waals surface area contributed by atoms with Gasteiger partial charge in [0.05, 0.1) is 17.4 Å². The van der Waals surface area contributed by atoms with Crippen molar-refractivity contribution < 1.29 is 4.79 Å². The average molecular weight is 351 g/mol. The lowest BCUT2D eigenvalue weighted by molar-refractivity contribution is 0.0933. The monoisotopic (exact) mass is 351 g/mol. The van der Waals surface area contributed by atoms with Crippen LogP contribution in [-0.2, 0) is 0 Å². The zero-order chi connectivity index (χ0) is 18.4. The molecule has 1 fully saturated rings. The first-order chi connectivity index (χ1) is 12.6. The maximum atomic E-state index is 12.6. The fourth-order valence-corrected chi connectivity index (χ4v) is 3.59. The Hall–Kier alpha value is -2.36. The van der Waals surface area contributed by atoms with Crippen LogP contribution in [-0.4, -0.2) is 16.9 Å². The standard InChI is InChI=1S/C22H29N3O/c1-16(2)20-11-7-8-12-21(20)24-19-13-17(14-23-15-19)22(26)25-18-9-5-3-4-6-10-18/h7-8,11-16,18,24H,3-6,9-10H2,1-2H3,(H,25,26). The fourth-order valence-electron chi connectivity index (χ4n) is 3.59. The number of nitrogens with zero attached hydrogens (tertiary/aromatic N) is 1. The van der Waals surface area contributed by atoms with Crippen LogP contribution in [0, 0.1) is 0 Å². The molecule has 0 aliphatic heterocycles. The smallest absolute Gasteiger partial charge is 0.253 e. The maximum Gasteiger partial charge on any atom is 0.253 e. The van der Waals surface area contributed by atoms with E-state index in [9.17, 15) is 4.79 Å². The Labute approximate surface area is 156 Å². The molecule has 138 valence electrons. The summed E-state index contributed by atoms with van der Waals surface area (Å²) in [7, 11) is 0. The molecule has 2 aromatic rings. The number of benzene rings is 1. The number of carbonyl (C=O) groups excluding carboxylic acids is 1.